The van der Waals surface area contributed by atoms with Crippen LogP contribution in [-0.4, -0.2) is 5.91 Å². The van der Waals surface area contributed by atoms with Crippen LogP contribution in [0.3, 0.4) is 0 Å². The summed E-state index contributed by atoms with van der Waals surface area (Å²) in [6, 6.07) is 1.77. The van der Waals surface area contributed by atoms with E-state index in [0.717, 1.165) is 12.1 Å². The summed E-state index contributed by atoms with van der Waals surface area (Å²) >= 11 is 2.89. The van der Waals surface area contributed by atoms with Gasteiger partial charge in [-0.15, -0.1) is 0 Å². The van der Waals surface area contributed by atoms with Crippen molar-refractivity contribution in [1.82, 2.24) is 0 Å². The molecule has 0 aromatic heterocycles. The van der Waals surface area contributed by atoms with Crippen LogP contribution in [0.2, 0.25) is 0 Å². The molecule has 1 rings (SSSR count). The molecule has 0 bridgehead atoms. The van der Waals surface area contributed by atoms with Crippen molar-refractivity contribution in [2.24, 2.45) is 0 Å². The van der Waals surface area contributed by atoms with E-state index in [1.807, 2.05) is 0 Å². The Bertz CT molecular complexity index is 354. The maximum atomic E-state index is 12.9. The Morgan fingerprint density at radius 3 is 2.62 bits per heavy atom. The fraction of sp³-hybridized carbons (Fsp3) is 0.125. The molecule has 1 amide bonds. The molecule has 2 nitrogen and oxygen atoms in total. The van der Waals surface area contributed by atoms with Crippen LogP contribution in [0.5, 0.6) is 0 Å². The smallest absolute Gasteiger partial charge is 0.221 e. The Balaban J connectivity index is 3.12. The summed E-state index contributed by atoms with van der Waals surface area (Å²) in [5.41, 5.74) is 0.0880. The van der Waals surface area contributed by atoms with E-state index >= 15 is 0 Å². The molecule has 70 valence electrons. The quantitative estimate of drug-likeness (QED) is 0.763. The summed E-state index contributed by atoms with van der Waals surface area (Å²) in [6.45, 7) is 1.26. The Labute approximate surface area is 82.1 Å². The molecule has 13 heavy (non-hydrogen) atoms. The maximum Gasteiger partial charge on any atom is 0.221 e. The standard InChI is InChI=1S/C8H6BrF2NO/c1-4(13)12-7-3-5(10)2-6(11)8(7)9/h2-3H,1H3,(H,12,13). The molecule has 1 aromatic rings. The fourth-order valence-corrected chi connectivity index (χ4v) is 1.16. The lowest BCUT2D eigenvalue weighted by molar-refractivity contribution is -0.114. The molecule has 0 aliphatic heterocycles. The zero-order valence-corrected chi connectivity index (χ0v) is 8.28. The number of nitrogens with one attached hydrogen (secondary N) is 1. The Hall–Kier alpha value is -0.970. The normalized spacial score (nSPS) is 9.85. The summed E-state index contributed by atoms with van der Waals surface area (Å²) < 4.78 is 25.5. The first-order valence-electron chi connectivity index (χ1n) is 3.43. The van der Waals surface area contributed by atoms with Crippen LogP contribution in [0, 0.1) is 11.6 Å². The van der Waals surface area contributed by atoms with Crippen molar-refractivity contribution in [3.63, 3.8) is 0 Å². The molecule has 0 fully saturated rings. The first-order valence-corrected chi connectivity index (χ1v) is 4.22. The zero-order chi connectivity index (χ0) is 10.0. The van der Waals surface area contributed by atoms with Crippen molar-refractivity contribution in [1.29, 1.82) is 0 Å². The van der Waals surface area contributed by atoms with Crippen molar-refractivity contribution in [3.05, 3.63) is 28.2 Å². The summed E-state index contributed by atoms with van der Waals surface area (Å²) in [5.74, 6) is -1.86. The van der Waals surface area contributed by atoms with E-state index in [9.17, 15) is 13.6 Å². The van der Waals surface area contributed by atoms with Crippen LogP contribution in [0.4, 0.5) is 14.5 Å². The van der Waals surface area contributed by atoms with Crippen molar-refractivity contribution in [2.45, 2.75) is 6.92 Å². The lowest BCUT2D eigenvalue weighted by atomic mass is 10.3. The highest BCUT2D eigenvalue weighted by atomic mass is 79.9. The molecule has 5 heteroatoms. The number of benzene rings is 1. The molecule has 0 saturated carbocycles. The van der Waals surface area contributed by atoms with E-state index < -0.39 is 11.6 Å². The Morgan fingerprint density at radius 1 is 1.46 bits per heavy atom. The number of halogens is 3. The maximum absolute atomic E-state index is 12.9. The van der Waals surface area contributed by atoms with Gasteiger partial charge in [0.15, 0.2) is 0 Å². The minimum Gasteiger partial charge on any atom is -0.325 e. The molecule has 0 spiro atoms. The Kier molecular flexibility index (Phi) is 2.98. The zero-order valence-electron chi connectivity index (χ0n) is 6.70. The highest BCUT2D eigenvalue weighted by Gasteiger charge is 2.09. The third-order valence-electron chi connectivity index (χ3n) is 1.30. The van der Waals surface area contributed by atoms with E-state index in [1.165, 1.54) is 6.92 Å². The van der Waals surface area contributed by atoms with Gasteiger partial charge < -0.3 is 5.32 Å². The van der Waals surface area contributed by atoms with E-state index in [-0.39, 0.29) is 16.1 Å². The third-order valence-corrected chi connectivity index (χ3v) is 2.11. The monoisotopic (exact) mass is 249 g/mol. The molecule has 0 aliphatic carbocycles. The lowest BCUT2D eigenvalue weighted by Gasteiger charge is -2.05. The molecular weight excluding hydrogens is 244 g/mol. The van der Waals surface area contributed by atoms with Crippen molar-refractivity contribution >= 4 is 27.5 Å². The van der Waals surface area contributed by atoms with Gasteiger partial charge in [-0.2, -0.15) is 0 Å². The van der Waals surface area contributed by atoms with Crippen LogP contribution in [0.15, 0.2) is 16.6 Å². The first kappa shape index (κ1) is 10.1. The largest absolute Gasteiger partial charge is 0.325 e. The number of carbonyl (C=O) groups excluding carboxylic acids is 1. The van der Waals surface area contributed by atoms with Gasteiger partial charge in [-0.25, -0.2) is 8.78 Å². The van der Waals surface area contributed by atoms with E-state index in [0.29, 0.717) is 0 Å². The van der Waals surface area contributed by atoms with Crippen molar-refractivity contribution in [2.75, 3.05) is 5.32 Å². The van der Waals surface area contributed by atoms with Crippen LogP contribution in [-0.2, 0) is 4.79 Å². The number of anilines is 1. The molecule has 0 atom stereocenters. The van der Waals surface area contributed by atoms with E-state index in [4.69, 9.17) is 0 Å². The Morgan fingerprint density at radius 2 is 2.08 bits per heavy atom. The number of carbonyl (C=O) groups is 1. The van der Waals surface area contributed by atoms with Crippen molar-refractivity contribution in [3.8, 4) is 0 Å². The van der Waals surface area contributed by atoms with E-state index in [1.54, 1.807) is 0 Å². The predicted octanol–water partition coefficient (Wildman–Crippen LogP) is 2.69. The predicted molar refractivity (Wildman–Crippen MR) is 48.4 cm³/mol. The number of hydrogen-bond acceptors (Lipinski definition) is 1. The molecule has 0 heterocycles. The molecule has 0 saturated heterocycles. The third kappa shape index (κ3) is 2.48. The fourth-order valence-electron chi connectivity index (χ4n) is 0.837. The average Bonchev–Trinajstić information content (AvgIpc) is 1.98. The number of amides is 1. The molecule has 1 aromatic carbocycles. The topological polar surface area (TPSA) is 29.1 Å². The second-order valence-electron chi connectivity index (χ2n) is 2.43. The minimum atomic E-state index is -0.747. The first-order chi connectivity index (χ1) is 6.00. The lowest BCUT2D eigenvalue weighted by Crippen LogP contribution is -2.07. The SMILES string of the molecule is CC(=O)Nc1cc(F)cc(F)c1Br. The summed E-state index contributed by atoms with van der Waals surface area (Å²) in [4.78, 5) is 10.6. The van der Waals surface area contributed by atoms with Crippen LogP contribution < -0.4 is 5.32 Å². The van der Waals surface area contributed by atoms with Gasteiger partial charge in [0.2, 0.25) is 5.91 Å². The van der Waals surface area contributed by atoms with E-state index in [2.05, 4.69) is 21.2 Å². The van der Waals surface area contributed by atoms with Crippen molar-refractivity contribution < 1.29 is 13.6 Å². The summed E-state index contributed by atoms with van der Waals surface area (Å²) in [7, 11) is 0. The molecular formula is C8H6BrF2NO. The van der Waals surface area contributed by atoms with Crippen LogP contribution in [0.1, 0.15) is 6.92 Å². The number of rotatable bonds is 1. The molecule has 0 aliphatic rings. The van der Waals surface area contributed by atoms with Gasteiger partial charge in [-0.3, -0.25) is 4.79 Å². The summed E-state index contributed by atoms with van der Waals surface area (Å²) in [5, 5.41) is 2.29. The second-order valence-corrected chi connectivity index (χ2v) is 3.22. The minimum absolute atomic E-state index is 0.0455. The van der Waals surface area contributed by atoms with Gasteiger partial charge in [0.1, 0.15) is 11.6 Å². The van der Waals surface area contributed by atoms with Gasteiger partial charge in [0.05, 0.1) is 10.2 Å². The second kappa shape index (κ2) is 3.83. The summed E-state index contributed by atoms with van der Waals surface area (Å²) in [6.07, 6.45) is 0. The van der Waals surface area contributed by atoms with Gasteiger partial charge in [0, 0.05) is 13.0 Å². The molecule has 0 unspecified atom stereocenters. The van der Waals surface area contributed by atoms with Crippen LogP contribution >= 0.6 is 15.9 Å². The van der Waals surface area contributed by atoms with Gasteiger partial charge in [0.25, 0.3) is 0 Å². The number of hydrogen-bond donors (Lipinski definition) is 1. The molecule has 1 N–H and O–H groups in total. The van der Waals surface area contributed by atoms with Crippen LogP contribution in [0.25, 0.3) is 0 Å². The highest BCUT2D eigenvalue weighted by Crippen LogP contribution is 2.26. The van der Waals surface area contributed by atoms with Gasteiger partial charge >= 0.3 is 0 Å². The highest BCUT2D eigenvalue weighted by molar-refractivity contribution is 9.10. The van der Waals surface area contributed by atoms with Gasteiger partial charge in [-0.05, 0) is 22.0 Å². The molecule has 0 radical (unpaired) electrons. The average molecular weight is 250 g/mol. The van der Waals surface area contributed by atoms with Gasteiger partial charge in [-0.1, -0.05) is 0 Å².